The van der Waals surface area contributed by atoms with Crippen LogP contribution in [0.25, 0.3) is 49.9 Å². The highest BCUT2D eigenvalue weighted by atomic mass is 14.4. The Morgan fingerprint density at radius 1 is 0.444 bits per heavy atom. The Labute approximate surface area is 317 Å². The van der Waals surface area contributed by atoms with Crippen molar-refractivity contribution in [1.29, 1.82) is 0 Å². The molecule has 0 aliphatic heterocycles. The Morgan fingerprint density at radius 3 is 1.89 bits per heavy atom. The standard InChI is InChI=1S/C54H40/c1-3-15-45-35(11-1)13-9-21-47(45)41-27-23-39-33-43(29-25-37(39)31-41)53-49-17-5-7-19-51(49)54(52-20-8-6-18-50(52)53)44-30-26-38-32-42(28-24-40(38)34-44)48-22-10-14-36-12-2-4-16-46(36)48/h1-23,25-27,29-34,36,46,49,51H,24,28H2. The van der Waals surface area contributed by atoms with Crippen molar-refractivity contribution in [3.8, 4) is 11.1 Å². The summed E-state index contributed by atoms with van der Waals surface area (Å²) in [6, 6.07) is 45.8. The molecule has 5 aliphatic carbocycles. The van der Waals surface area contributed by atoms with Crippen LogP contribution in [-0.2, 0) is 6.42 Å². The van der Waals surface area contributed by atoms with Crippen LogP contribution in [0.3, 0.4) is 0 Å². The number of hydrogen-bond donors (Lipinski definition) is 0. The van der Waals surface area contributed by atoms with Gasteiger partial charge in [-0.25, -0.2) is 0 Å². The minimum absolute atomic E-state index is 0.256. The molecule has 11 rings (SSSR count). The molecule has 0 spiro atoms. The fourth-order valence-electron chi connectivity index (χ4n) is 9.95. The quantitative estimate of drug-likeness (QED) is 0.173. The predicted octanol–water partition coefficient (Wildman–Crippen LogP) is 11.6. The zero-order chi connectivity index (χ0) is 35.6. The van der Waals surface area contributed by atoms with E-state index in [-0.39, 0.29) is 11.8 Å². The van der Waals surface area contributed by atoms with Crippen LogP contribution in [0, 0.1) is 23.7 Å². The summed E-state index contributed by atoms with van der Waals surface area (Å²) in [7, 11) is 0. The van der Waals surface area contributed by atoms with E-state index in [0.29, 0.717) is 11.8 Å². The first-order chi connectivity index (χ1) is 26.8. The van der Waals surface area contributed by atoms with Crippen molar-refractivity contribution in [3.63, 3.8) is 0 Å². The van der Waals surface area contributed by atoms with Crippen LogP contribution in [0.15, 0.2) is 199 Å². The lowest BCUT2D eigenvalue weighted by Gasteiger charge is -2.34. The van der Waals surface area contributed by atoms with Crippen LogP contribution in [-0.4, -0.2) is 0 Å². The Bertz CT molecular complexity index is 2890. The van der Waals surface area contributed by atoms with Gasteiger partial charge in [-0.3, -0.25) is 0 Å². The molecule has 0 heteroatoms. The van der Waals surface area contributed by atoms with Gasteiger partial charge in [0.05, 0.1) is 0 Å². The highest BCUT2D eigenvalue weighted by Crippen LogP contribution is 2.43. The lowest BCUT2D eigenvalue weighted by Crippen LogP contribution is -2.40. The van der Waals surface area contributed by atoms with Crippen molar-refractivity contribution in [2.75, 3.05) is 0 Å². The molecule has 6 aromatic rings. The summed E-state index contributed by atoms with van der Waals surface area (Å²) in [4.78, 5) is 0. The molecule has 0 fully saturated rings. The number of allylic oxidation sites excluding steroid dienone is 13. The summed E-state index contributed by atoms with van der Waals surface area (Å²) in [5, 5.41) is 7.82. The Kier molecular flexibility index (Phi) is 7.37. The highest BCUT2D eigenvalue weighted by molar-refractivity contribution is 5.99. The molecule has 0 aromatic heterocycles. The summed E-state index contributed by atoms with van der Waals surface area (Å²) in [6.07, 6.45) is 30.1. The molecular weight excluding hydrogens is 649 g/mol. The summed E-state index contributed by atoms with van der Waals surface area (Å²) < 4.78 is 0. The molecule has 0 N–H and O–H groups in total. The van der Waals surface area contributed by atoms with Gasteiger partial charge in [0.25, 0.3) is 0 Å². The minimum atomic E-state index is 0.256. The predicted molar refractivity (Wildman–Crippen MR) is 228 cm³/mol. The molecule has 5 aliphatic rings. The van der Waals surface area contributed by atoms with Crippen LogP contribution >= 0.6 is 0 Å². The lowest BCUT2D eigenvalue weighted by molar-refractivity contribution is 0.623. The Balaban J connectivity index is 1.01. The summed E-state index contributed by atoms with van der Waals surface area (Å²) in [5.41, 5.74) is 13.9. The molecule has 54 heavy (non-hydrogen) atoms. The van der Waals surface area contributed by atoms with Crippen LogP contribution in [0.4, 0.5) is 0 Å². The van der Waals surface area contributed by atoms with Gasteiger partial charge in [0.2, 0.25) is 0 Å². The zero-order valence-corrected chi connectivity index (χ0v) is 30.2. The van der Waals surface area contributed by atoms with E-state index in [9.17, 15) is 0 Å². The van der Waals surface area contributed by atoms with Crippen LogP contribution < -0.4 is 10.4 Å². The number of hydrogen-bond acceptors (Lipinski definition) is 0. The van der Waals surface area contributed by atoms with E-state index < -0.39 is 0 Å². The first-order valence-electron chi connectivity index (χ1n) is 19.6. The molecule has 0 saturated carbocycles. The monoisotopic (exact) mass is 688 g/mol. The average molecular weight is 689 g/mol. The van der Waals surface area contributed by atoms with Crippen molar-refractivity contribution in [1.82, 2.24) is 0 Å². The maximum Gasteiger partial charge on any atom is 0.0137 e. The smallest absolute Gasteiger partial charge is 0.0137 e. The fourth-order valence-corrected chi connectivity index (χ4v) is 9.95. The minimum Gasteiger partial charge on any atom is -0.0767 e. The van der Waals surface area contributed by atoms with Crippen molar-refractivity contribution < 1.29 is 0 Å². The van der Waals surface area contributed by atoms with Crippen molar-refractivity contribution in [2.45, 2.75) is 12.8 Å². The van der Waals surface area contributed by atoms with E-state index in [4.69, 9.17) is 0 Å². The van der Waals surface area contributed by atoms with E-state index >= 15 is 0 Å². The Hall–Kier alpha value is -6.24. The molecule has 0 heterocycles. The molecule has 0 bridgehead atoms. The van der Waals surface area contributed by atoms with Gasteiger partial charge in [-0.15, -0.1) is 0 Å². The molecule has 0 amide bonds. The largest absolute Gasteiger partial charge is 0.0767 e. The second-order valence-electron chi connectivity index (χ2n) is 15.5. The fraction of sp³-hybridized carbons (Fsp3) is 0.111. The van der Waals surface area contributed by atoms with Gasteiger partial charge < -0.3 is 0 Å². The van der Waals surface area contributed by atoms with Crippen LogP contribution in [0.1, 0.15) is 28.7 Å². The lowest BCUT2D eigenvalue weighted by atomic mass is 9.69. The SMILES string of the molecule is C1=CC2C=CC=C(C3=Cc4ccc(C5=c6ccccc6=C(c6ccc7cc(-c8cccc9ccccc89)ccc7c6)C6C=CC=CC56)cc4CC3)C2C=C1. The molecular formula is C54H40. The van der Waals surface area contributed by atoms with Crippen molar-refractivity contribution in [3.05, 3.63) is 232 Å². The normalized spacial score (nSPS) is 22.1. The second kappa shape index (κ2) is 12.7. The third-order valence-electron chi connectivity index (χ3n) is 12.5. The number of fused-ring (bicyclic) bond motifs is 6. The van der Waals surface area contributed by atoms with E-state index in [0.717, 1.165) is 12.8 Å². The van der Waals surface area contributed by atoms with Crippen molar-refractivity contribution in [2.24, 2.45) is 23.7 Å². The van der Waals surface area contributed by atoms with E-state index in [2.05, 4.69) is 194 Å². The van der Waals surface area contributed by atoms with Gasteiger partial charge in [0.1, 0.15) is 0 Å². The molecule has 0 saturated heterocycles. The summed E-state index contributed by atoms with van der Waals surface area (Å²) in [6.45, 7) is 0. The third-order valence-corrected chi connectivity index (χ3v) is 12.5. The maximum absolute atomic E-state index is 2.51. The molecule has 6 aromatic carbocycles. The first kappa shape index (κ1) is 31.3. The molecule has 0 nitrogen and oxygen atoms in total. The van der Waals surface area contributed by atoms with Crippen LogP contribution in [0.2, 0.25) is 0 Å². The van der Waals surface area contributed by atoms with E-state index in [1.54, 1.807) is 0 Å². The van der Waals surface area contributed by atoms with Gasteiger partial charge in [-0.1, -0.05) is 182 Å². The van der Waals surface area contributed by atoms with Gasteiger partial charge in [-0.2, -0.15) is 0 Å². The summed E-state index contributed by atoms with van der Waals surface area (Å²) >= 11 is 0. The van der Waals surface area contributed by atoms with Gasteiger partial charge >= 0.3 is 0 Å². The van der Waals surface area contributed by atoms with E-state index in [1.165, 1.54) is 87.7 Å². The average Bonchev–Trinajstić information content (AvgIpc) is 3.24. The van der Waals surface area contributed by atoms with Gasteiger partial charge in [-0.05, 0) is 113 Å². The van der Waals surface area contributed by atoms with Crippen LogP contribution in [0.5, 0.6) is 0 Å². The highest BCUT2D eigenvalue weighted by Gasteiger charge is 2.32. The number of aryl methyl sites for hydroxylation is 1. The Morgan fingerprint density at radius 2 is 1.07 bits per heavy atom. The molecule has 4 atom stereocenters. The molecule has 0 radical (unpaired) electrons. The van der Waals surface area contributed by atoms with E-state index in [1.807, 2.05) is 0 Å². The first-order valence-corrected chi connectivity index (χ1v) is 19.6. The summed E-state index contributed by atoms with van der Waals surface area (Å²) in [5.74, 6) is 1.44. The number of rotatable bonds is 4. The maximum atomic E-state index is 2.51. The molecule has 4 unspecified atom stereocenters. The number of benzene rings is 6. The second-order valence-corrected chi connectivity index (χ2v) is 15.5. The van der Waals surface area contributed by atoms with Gasteiger partial charge in [0, 0.05) is 23.7 Å². The molecule has 256 valence electrons. The zero-order valence-electron chi connectivity index (χ0n) is 30.2. The topological polar surface area (TPSA) is 0 Å². The van der Waals surface area contributed by atoms with Crippen molar-refractivity contribution >= 4 is 38.8 Å². The van der Waals surface area contributed by atoms with Gasteiger partial charge in [0.15, 0.2) is 0 Å². The third kappa shape index (κ3) is 5.12.